The van der Waals surface area contributed by atoms with E-state index in [-0.39, 0.29) is 12.1 Å². The van der Waals surface area contributed by atoms with E-state index >= 15 is 0 Å². The molecule has 0 saturated carbocycles. The Hall–Kier alpha value is -1.76. The maximum atomic E-state index is 11.6. The van der Waals surface area contributed by atoms with Crippen LogP contribution < -0.4 is 4.74 Å². The first-order valence-corrected chi connectivity index (χ1v) is 7.16. The molecule has 1 fully saturated rings. The second-order valence-electron chi connectivity index (χ2n) is 4.68. The van der Waals surface area contributed by atoms with Crippen molar-refractivity contribution >= 4 is 23.4 Å². The molecule has 0 spiro atoms. The maximum absolute atomic E-state index is 11.6. The zero-order chi connectivity index (χ0) is 14.8. The Kier molecular flexibility index (Phi) is 4.17. The van der Waals surface area contributed by atoms with Crippen LogP contribution in [0.4, 0.5) is 5.69 Å². The highest BCUT2D eigenvalue weighted by atomic mass is 32.2. The molecule has 0 aromatic heterocycles. The third-order valence-electron chi connectivity index (χ3n) is 3.44. The first-order chi connectivity index (χ1) is 9.48. The number of carbonyl (C=O) groups is 1. The van der Waals surface area contributed by atoms with Crippen molar-refractivity contribution in [2.75, 3.05) is 12.9 Å². The molecule has 0 amide bonds. The van der Waals surface area contributed by atoms with Gasteiger partial charge in [0.15, 0.2) is 0 Å². The molecule has 1 aliphatic rings. The molecule has 0 bridgehead atoms. The van der Waals surface area contributed by atoms with Gasteiger partial charge in [0.05, 0.1) is 12.0 Å². The van der Waals surface area contributed by atoms with Gasteiger partial charge < -0.3 is 9.84 Å². The Bertz CT molecular complexity index is 540. The quantitative estimate of drug-likeness (QED) is 0.663. The molecule has 1 aromatic rings. The van der Waals surface area contributed by atoms with Crippen molar-refractivity contribution in [1.82, 2.24) is 0 Å². The average molecular weight is 297 g/mol. The van der Waals surface area contributed by atoms with Gasteiger partial charge in [-0.25, -0.2) is 0 Å². The number of methoxy groups -OCH3 is 1. The maximum Gasteiger partial charge on any atom is 0.320 e. The minimum atomic E-state index is -0.900. The first kappa shape index (κ1) is 14.6. The molecular formula is C13H15NO5S. The van der Waals surface area contributed by atoms with Crippen molar-refractivity contribution in [2.45, 2.75) is 24.0 Å². The van der Waals surface area contributed by atoms with Crippen LogP contribution in [0.1, 0.15) is 18.4 Å². The van der Waals surface area contributed by atoms with Crippen molar-refractivity contribution in [2.24, 2.45) is 0 Å². The van der Waals surface area contributed by atoms with Crippen LogP contribution in [-0.4, -0.2) is 33.6 Å². The van der Waals surface area contributed by atoms with E-state index in [0.29, 0.717) is 17.7 Å². The number of nitro groups is 1. The van der Waals surface area contributed by atoms with E-state index in [4.69, 9.17) is 4.74 Å². The molecule has 1 aromatic carbocycles. The summed E-state index contributed by atoms with van der Waals surface area (Å²) in [7, 11) is 1.47. The number of ether oxygens (including phenoxy) is 1. The summed E-state index contributed by atoms with van der Waals surface area (Å²) in [5, 5.41) is 20.3. The van der Waals surface area contributed by atoms with Gasteiger partial charge >= 0.3 is 5.97 Å². The number of aliphatic carboxylic acids is 1. The number of non-ortho nitro benzene ring substituents is 1. The summed E-state index contributed by atoms with van der Waals surface area (Å²) < 4.78 is 4.29. The molecule has 7 heteroatoms. The third-order valence-corrected chi connectivity index (χ3v) is 5.01. The summed E-state index contributed by atoms with van der Waals surface area (Å²) in [5.41, 5.74) is 0.517. The van der Waals surface area contributed by atoms with Gasteiger partial charge in [-0.05, 0) is 24.7 Å². The summed E-state index contributed by atoms with van der Waals surface area (Å²) >= 11 is 1.40. The van der Waals surface area contributed by atoms with Crippen molar-refractivity contribution in [3.05, 3.63) is 33.9 Å². The number of benzene rings is 1. The number of hydrogen-bond donors (Lipinski definition) is 1. The molecule has 2 rings (SSSR count). The van der Waals surface area contributed by atoms with Gasteiger partial charge in [0.25, 0.3) is 5.69 Å². The predicted molar refractivity (Wildman–Crippen MR) is 75.4 cm³/mol. The Balaban J connectivity index is 2.37. The minimum Gasteiger partial charge on any atom is -0.496 e. The van der Waals surface area contributed by atoms with E-state index in [1.54, 1.807) is 0 Å². The highest BCUT2D eigenvalue weighted by molar-refractivity contribution is 8.01. The molecule has 1 N–H and O–H groups in total. The lowest BCUT2D eigenvalue weighted by molar-refractivity contribution is -0.384. The van der Waals surface area contributed by atoms with Gasteiger partial charge in [0.2, 0.25) is 0 Å². The number of rotatable bonds is 5. The third kappa shape index (κ3) is 2.72. The van der Waals surface area contributed by atoms with E-state index < -0.39 is 15.6 Å². The number of carboxylic acid groups (broad SMARTS) is 1. The van der Waals surface area contributed by atoms with Crippen molar-refractivity contribution in [3.63, 3.8) is 0 Å². The summed E-state index contributed by atoms with van der Waals surface area (Å²) in [4.78, 5) is 21.9. The number of carboxylic acids is 1. The van der Waals surface area contributed by atoms with Crippen LogP contribution in [0.2, 0.25) is 0 Å². The van der Waals surface area contributed by atoms with Crippen LogP contribution in [-0.2, 0) is 11.2 Å². The lowest BCUT2D eigenvalue weighted by atomic mass is 9.93. The fraction of sp³-hybridized carbons (Fsp3) is 0.462. The van der Waals surface area contributed by atoms with Crippen LogP contribution in [0.25, 0.3) is 0 Å². The molecule has 1 atom stereocenters. The van der Waals surface area contributed by atoms with Gasteiger partial charge in [0.1, 0.15) is 10.5 Å². The van der Waals surface area contributed by atoms with Crippen LogP contribution >= 0.6 is 11.8 Å². The Morgan fingerprint density at radius 2 is 2.35 bits per heavy atom. The molecule has 0 aliphatic carbocycles. The highest BCUT2D eigenvalue weighted by Gasteiger charge is 2.43. The summed E-state index contributed by atoms with van der Waals surface area (Å²) in [6.07, 6.45) is 1.64. The van der Waals surface area contributed by atoms with Crippen molar-refractivity contribution in [1.29, 1.82) is 0 Å². The van der Waals surface area contributed by atoms with Crippen molar-refractivity contribution < 1.29 is 19.6 Å². The Labute approximate surface area is 120 Å². The molecule has 1 heterocycles. The summed E-state index contributed by atoms with van der Waals surface area (Å²) in [5.74, 6) is 0.418. The largest absolute Gasteiger partial charge is 0.496 e. The number of hydrogen-bond acceptors (Lipinski definition) is 5. The van der Waals surface area contributed by atoms with E-state index in [2.05, 4.69) is 0 Å². The highest BCUT2D eigenvalue weighted by Crippen LogP contribution is 2.43. The van der Waals surface area contributed by atoms with Gasteiger partial charge in [-0.1, -0.05) is 0 Å². The van der Waals surface area contributed by atoms with E-state index in [1.165, 1.54) is 37.1 Å². The molecule has 0 radical (unpaired) electrons. The van der Waals surface area contributed by atoms with E-state index in [0.717, 1.165) is 12.2 Å². The van der Waals surface area contributed by atoms with Gasteiger partial charge in [-0.3, -0.25) is 14.9 Å². The standard InChI is InChI=1S/C13H15NO5S/c1-19-11-4-3-10(14(17)18)7-9(11)8-13(12(15)16)5-2-6-20-13/h3-4,7H,2,5-6,8H2,1H3,(H,15,16). The summed E-state index contributed by atoms with van der Waals surface area (Å²) in [6, 6.07) is 4.28. The molecule has 108 valence electrons. The number of nitro benzene ring substituents is 1. The van der Waals surface area contributed by atoms with E-state index in [9.17, 15) is 20.0 Å². The van der Waals surface area contributed by atoms with Gasteiger partial charge in [-0.2, -0.15) is 0 Å². The number of nitrogens with zero attached hydrogens (tertiary/aromatic N) is 1. The van der Waals surface area contributed by atoms with E-state index in [1.807, 2.05) is 0 Å². The summed E-state index contributed by atoms with van der Waals surface area (Å²) in [6.45, 7) is 0. The molecule has 1 saturated heterocycles. The topological polar surface area (TPSA) is 89.7 Å². The van der Waals surface area contributed by atoms with Crippen LogP contribution in [0.15, 0.2) is 18.2 Å². The zero-order valence-corrected chi connectivity index (χ0v) is 11.8. The molecule has 1 aliphatic heterocycles. The lowest BCUT2D eigenvalue weighted by Crippen LogP contribution is -2.34. The van der Waals surface area contributed by atoms with Gasteiger partial charge in [0, 0.05) is 24.1 Å². The predicted octanol–water partition coefficient (Wildman–Crippen LogP) is 2.50. The molecule has 6 nitrogen and oxygen atoms in total. The lowest BCUT2D eigenvalue weighted by Gasteiger charge is -2.23. The second kappa shape index (κ2) is 5.70. The molecule has 20 heavy (non-hydrogen) atoms. The smallest absolute Gasteiger partial charge is 0.320 e. The Morgan fingerprint density at radius 1 is 1.60 bits per heavy atom. The first-order valence-electron chi connectivity index (χ1n) is 6.17. The van der Waals surface area contributed by atoms with Crippen LogP contribution in [0.5, 0.6) is 5.75 Å². The molecular weight excluding hydrogens is 282 g/mol. The zero-order valence-electron chi connectivity index (χ0n) is 11.0. The minimum absolute atomic E-state index is 0.0515. The van der Waals surface area contributed by atoms with Crippen LogP contribution in [0.3, 0.4) is 0 Å². The fourth-order valence-corrected chi connectivity index (χ4v) is 3.75. The Morgan fingerprint density at radius 3 is 2.85 bits per heavy atom. The van der Waals surface area contributed by atoms with Gasteiger partial charge in [-0.15, -0.1) is 11.8 Å². The molecule has 1 unspecified atom stereocenters. The van der Waals surface area contributed by atoms with Crippen molar-refractivity contribution in [3.8, 4) is 5.75 Å². The average Bonchev–Trinajstić information content (AvgIpc) is 2.88. The normalized spacial score (nSPS) is 21.6. The SMILES string of the molecule is COc1ccc([N+](=O)[O-])cc1CC1(C(=O)O)CCCS1. The van der Waals surface area contributed by atoms with Crippen LogP contribution in [0, 0.1) is 10.1 Å². The number of thioether (sulfide) groups is 1. The monoisotopic (exact) mass is 297 g/mol. The fourth-order valence-electron chi connectivity index (χ4n) is 2.41. The second-order valence-corrected chi connectivity index (χ2v) is 6.16.